The van der Waals surface area contributed by atoms with Gasteiger partial charge in [-0.15, -0.1) is 0 Å². The Hall–Kier alpha value is -1.82. The van der Waals surface area contributed by atoms with Gasteiger partial charge in [-0.25, -0.2) is 4.98 Å². The highest BCUT2D eigenvalue weighted by Gasteiger charge is 2.23. The monoisotopic (exact) mass is 336 g/mol. The van der Waals surface area contributed by atoms with Crippen LogP contribution in [0.2, 0.25) is 0 Å². The van der Waals surface area contributed by atoms with E-state index in [1.165, 1.54) is 6.20 Å². The van der Waals surface area contributed by atoms with Gasteiger partial charge in [0, 0.05) is 18.2 Å². The minimum atomic E-state index is -0.230. The Labute approximate surface area is 124 Å². The van der Waals surface area contributed by atoms with Gasteiger partial charge < -0.3 is 14.5 Å². The van der Waals surface area contributed by atoms with Crippen molar-refractivity contribution in [1.82, 2.24) is 9.97 Å². The number of rotatable bonds is 2. The van der Waals surface area contributed by atoms with Crippen LogP contribution in [0, 0.1) is 0 Å². The van der Waals surface area contributed by atoms with Gasteiger partial charge in [0.1, 0.15) is 27.9 Å². The Bertz CT molecular complexity index is 727. The van der Waals surface area contributed by atoms with Crippen molar-refractivity contribution in [2.24, 2.45) is 0 Å². The van der Waals surface area contributed by atoms with Crippen molar-refractivity contribution in [2.75, 3.05) is 7.11 Å². The van der Waals surface area contributed by atoms with Crippen molar-refractivity contribution < 1.29 is 9.47 Å². The number of benzene rings is 1. The zero-order chi connectivity index (χ0) is 14.3. The Morgan fingerprint density at radius 1 is 1.50 bits per heavy atom. The van der Waals surface area contributed by atoms with Gasteiger partial charge in [-0.2, -0.15) is 0 Å². The van der Waals surface area contributed by atoms with Crippen molar-refractivity contribution in [3.8, 4) is 22.9 Å². The minimum Gasteiger partial charge on any atom is -0.496 e. The van der Waals surface area contributed by atoms with E-state index in [0.29, 0.717) is 21.6 Å². The van der Waals surface area contributed by atoms with Crippen molar-refractivity contribution in [2.45, 2.75) is 19.4 Å². The number of H-pyrrole nitrogens is 1. The van der Waals surface area contributed by atoms with E-state index in [1.54, 1.807) is 7.11 Å². The van der Waals surface area contributed by atoms with Crippen LogP contribution < -0.4 is 15.0 Å². The van der Waals surface area contributed by atoms with Gasteiger partial charge in [0.15, 0.2) is 0 Å². The summed E-state index contributed by atoms with van der Waals surface area (Å²) in [5, 5.41) is 0. The number of hydrogen-bond acceptors (Lipinski definition) is 4. The fraction of sp³-hybridized carbons (Fsp3) is 0.286. The first-order valence-corrected chi connectivity index (χ1v) is 7.00. The molecule has 0 fully saturated rings. The zero-order valence-corrected chi connectivity index (χ0v) is 12.7. The van der Waals surface area contributed by atoms with Gasteiger partial charge in [0.2, 0.25) is 0 Å². The predicted molar refractivity (Wildman–Crippen MR) is 78.3 cm³/mol. The number of fused-ring (bicyclic) bond motifs is 1. The fourth-order valence-corrected chi connectivity index (χ4v) is 2.51. The van der Waals surface area contributed by atoms with Gasteiger partial charge in [0.25, 0.3) is 5.56 Å². The van der Waals surface area contributed by atoms with Crippen molar-refractivity contribution in [3.63, 3.8) is 0 Å². The molecule has 1 unspecified atom stereocenters. The lowest BCUT2D eigenvalue weighted by molar-refractivity contribution is 0.254. The molecule has 1 aliphatic rings. The third-order valence-electron chi connectivity index (χ3n) is 3.23. The van der Waals surface area contributed by atoms with E-state index in [4.69, 9.17) is 9.47 Å². The molecule has 1 N–H and O–H groups in total. The Balaban J connectivity index is 2.15. The van der Waals surface area contributed by atoms with Gasteiger partial charge >= 0.3 is 0 Å². The first-order chi connectivity index (χ1) is 9.58. The SMILES string of the molecule is COc1cc2c(cc1-c1ncc(Br)c(=O)[nH]1)OC(C)C2. The highest BCUT2D eigenvalue weighted by Crippen LogP contribution is 2.38. The molecule has 1 aliphatic heterocycles. The number of hydrogen-bond donors (Lipinski definition) is 1. The molecule has 2 aromatic rings. The van der Waals surface area contributed by atoms with E-state index in [1.807, 2.05) is 19.1 Å². The van der Waals surface area contributed by atoms with Crippen molar-refractivity contribution in [1.29, 1.82) is 0 Å². The van der Waals surface area contributed by atoms with Crippen molar-refractivity contribution >= 4 is 15.9 Å². The summed E-state index contributed by atoms with van der Waals surface area (Å²) in [7, 11) is 1.60. The summed E-state index contributed by atoms with van der Waals surface area (Å²) in [6.07, 6.45) is 2.49. The van der Waals surface area contributed by atoms with E-state index in [0.717, 1.165) is 17.7 Å². The Morgan fingerprint density at radius 3 is 3.00 bits per heavy atom. The van der Waals surface area contributed by atoms with Gasteiger partial charge in [-0.3, -0.25) is 4.79 Å². The second-order valence-corrected chi connectivity index (χ2v) is 5.56. The average Bonchev–Trinajstić information content (AvgIpc) is 2.79. The van der Waals surface area contributed by atoms with Gasteiger partial charge in [0.05, 0.1) is 12.7 Å². The molecule has 0 amide bonds. The van der Waals surface area contributed by atoms with Crippen LogP contribution in [0.4, 0.5) is 0 Å². The summed E-state index contributed by atoms with van der Waals surface area (Å²) in [5.41, 5.74) is 1.59. The van der Waals surface area contributed by atoms with Crippen LogP contribution in [0.1, 0.15) is 12.5 Å². The first-order valence-electron chi connectivity index (χ1n) is 6.21. The molecule has 2 heterocycles. The maximum absolute atomic E-state index is 11.7. The number of aromatic nitrogens is 2. The fourth-order valence-electron chi connectivity index (χ4n) is 2.31. The molecule has 0 bridgehead atoms. The number of nitrogens with zero attached hydrogens (tertiary/aromatic N) is 1. The topological polar surface area (TPSA) is 64.2 Å². The molecule has 6 heteroatoms. The summed E-state index contributed by atoms with van der Waals surface area (Å²) in [5.74, 6) is 1.95. The minimum absolute atomic E-state index is 0.155. The maximum atomic E-state index is 11.7. The molecule has 104 valence electrons. The van der Waals surface area contributed by atoms with E-state index in [2.05, 4.69) is 25.9 Å². The smallest absolute Gasteiger partial charge is 0.265 e. The molecule has 0 saturated carbocycles. The lowest BCUT2D eigenvalue weighted by atomic mass is 10.1. The molecule has 0 saturated heterocycles. The second-order valence-electron chi connectivity index (χ2n) is 4.70. The largest absolute Gasteiger partial charge is 0.496 e. The van der Waals surface area contributed by atoms with E-state index < -0.39 is 0 Å². The molecule has 5 nitrogen and oxygen atoms in total. The van der Waals surface area contributed by atoms with Gasteiger partial charge in [-0.1, -0.05) is 0 Å². The molecular weight excluding hydrogens is 324 g/mol. The highest BCUT2D eigenvalue weighted by molar-refractivity contribution is 9.10. The summed E-state index contributed by atoms with van der Waals surface area (Å²) in [6, 6.07) is 3.81. The Morgan fingerprint density at radius 2 is 2.30 bits per heavy atom. The number of aromatic amines is 1. The van der Waals surface area contributed by atoms with Crippen LogP contribution in [-0.4, -0.2) is 23.2 Å². The quantitative estimate of drug-likeness (QED) is 0.915. The third kappa shape index (κ3) is 2.20. The molecule has 0 aliphatic carbocycles. The molecular formula is C14H13BrN2O3. The average molecular weight is 337 g/mol. The summed E-state index contributed by atoms with van der Waals surface area (Å²) < 4.78 is 11.5. The molecule has 0 spiro atoms. The number of methoxy groups -OCH3 is 1. The Kier molecular flexibility index (Phi) is 3.25. The van der Waals surface area contributed by atoms with Crippen molar-refractivity contribution in [3.05, 3.63) is 38.7 Å². The van der Waals surface area contributed by atoms with Crippen LogP contribution in [-0.2, 0) is 6.42 Å². The second kappa shape index (κ2) is 4.94. The lowest BCUT2D eigenvalue weighted by Crippen LogP contribution is -2.09. The molecule has 1 aromatic heterocycles. The van der Waals surface area contributed by atoms with E-state index in [-0.39, 0.29) is 11.7 Å². The summed E-state index contributed by atoms with van der Waals surface area (Å²) in [6.45, 7) is 2.02. The standard InChI is InChI=1S/C14H13BrN2O3/c1-7-3-8-4-12(19-2)9(5-11(8)20-7)13-16-6-10(15)14(18)17-13/h4-7H,3H2,1-2H3,(H,16,17,18). The number of halogens is 1. The predicted octanol–water partition coefficient (Wildman–Crippen LogP) is 2.53. The molecule has 20 heavy (non-hydrogen) atoms. The van der Waals surface area contributed by atoms with Gasteiger partial charge in [-0.05, 0) is 35.0 Å². The van der Waals surface area contributed by atoms with Crippen LogP contribution >= 0.6 is 15.9 Å². The number of ether oxygens (including phenoxy) is 2. The maximum Gasteiger partial charge on any atom is 0.265 e. The van der Waals surface area contributed by atoms with Crippen LogP contribution in [0.5, 0.6) is 11.5 Å². The molecule has 1 aromatic carbocycles. The first kappa shape index (κ1) is 13.2. The number of nitrogens with one attached hydrogen (secondary N) is 1. The molecule has 0 radical (unpaired) electrons. The lowest BCUT2D eigenvalue weighted by Gasteiger charge is -2.10. The normalized spacial score (nSPS) is 16.6. The van der Waals surface area contributed by atoms with E-state index in [9.17, 15) is 4.79 Å². The summed E-state index contributed by atoms with van der Waals surface area (Å²) in [4.78, 5) is 18.6. The molecule has 1 atom stereocenters. The van der Waals surface area contributed by atoms with Crippen LogP contribution in [0.25, 0.3) is 11.4 Å². The zero-order valence-electron chi connectivity index (χ0n) is 11.1. The third-order valence-corrected chi connectivity index (χ3v) is 3.79. The molecule has 3 rings (SSSR count). The van der Waals surface area contributed by atoms with Crippen LogP contribution in [0.15, 0.2) is 27.6 Å². The highest BCUT2D eigenvalue weighted by atomic mass is 79.9. The van der Waals surface area contributed by atoms with Crippen LogP contribution in [0.3, 0.4) is 0 Å². The summed E-state index contributed by atoms with van der Waals surface area (Å²) >= 11 is 3.13. The van der Waals surface area contributed by atoms with E-state index >= 15 is 0 Å².